The Labute approximate surface area is 136 Å². The van der Waals surface area contributed by atoms with Crippen LogP contribution in [0.25, 0.3) is 0 Å². The van der Waals surface area contributed by atoms with Gasteiger partial charge in [0.1, 0.15) is 5.75 Å². The van der Waals surface area contributed by atoms with E-state index < -0.39 is 0 Å². The molecule has 0 aromatic heterocycles. The van der Waals surface area contributed by atoms with Gasteiger partial charge >= 0.3 is 0 Å². The van der Waals surface area contributed by atoms with Gasteiger partial charge in [-0.3, -0.25) is 0 Å². The van der Waals surface area contributed by atoms with Crippen LogP contribution < -0.4 is 4.74 Å². The van der Waals surface area contributed by atoms with E-state index in [9.17, 15) is 0 Å². The Morgan fingerprint density at radius 3 is 2.41 bits per heavy atom. The molecule has 1 unspecified atom stereocenters. The lowest BCUT2D eigenvalue weighted by molar-refractivity contribution is 0.246. The fraction of sp³-hybridized carbons (Fsp3) is 0.700. The van der Waals surface area contributed by atoms with Crippen molar-refractivity contribution in [2.75, 3.05) is 20.7 Å². The first-order valence-electron chi connectivity index (χ1n) is 9.03. The van der Waals surface area contributed by atoms with E-state index in [0.29, 0.717) is 6.04 Å². The molecule has 0 N–H and O–H groups in total. The molecule has 0 amide bonds. The molecular weight excluding hydrogens is 270 g/mol. The third kappa shape index (κ3) is 6.00. The number of hydrogen-bond donors (Lipinski definition) is 0. The summed E-state index contributed by atoms with van der Waals surface area (Å²) in [5.74, 6) is 1.93. The molecule has 0 bridgehead atoms. The van der Waals surface area contributed by atoms with Crippen molar-refractivity contribution in [1.29, 1.82) is 0 Å². The van der Waals surface area contributed by atoms with E-state index in [-0.39, 0.29) is 0 Å². The largest absolute Gasteiger partial charge is 0.494 e. The van der Waals surface area contributed by atoms with Gasteiger partial charge in [0, 0.05) is 6.04 Å². The Hall–Kier alpha value is -1.02. The molecular formula is C20H33NO. The van der Waals surface area contributed by atoms with Crippen molar-refractivity contribution in [3.8, 4) is 5.75 Å². The lowest BCUT2D eigenvalue weighted by Crippen LogP contribution is -2.24. The highest BCUT2D eigenvalue weighted by Gasteiger charge is 2.13. The molecule has 1 aliphatic carbocycles. The molecule has 2 rings (SSSR count). The van der Waals surface area contributed by atoms with Crippen LogP contribution in [0.3, 0.4) is 0 Å². The summed E-state index contributed by atoms with van der Waals surface area (Å²) in [5, 5.41) is 0. The minimum Gasteiger partial charge on any atom is -0.494 e. The van der Waals surface area contributed by atoms with Crippen molar-refractivity contribution in [1.82, 2.24) is 4.90 Å². The minimum absolute atomic E-state index is 0.631. The average molecular weight is 303 g/mol. The summed E-state index contributed by atoms with van der Waals surface area (Å²) in [6.07, 6.45) is 10.7. The van der Waals surface area contributed by atoms with E-state index in [1.54, 1.807) is 0 Å². The minimum atomic E-state index is 0.631. The van der Waals surface area contributed by atoms with E-state index >= 15 is 0 Å². The lowest BCUT2D eigenvalue weighted by atomic mass is 9.87. The zero-order valence-corrected chi connectivity index (χ0v) is 14.7. The summed E-state index contributed by atoms with van der Waals surface area (Å²) in [5.41, 5.74) is 1.41. The molecule has 1 aliphatic rings. The second-order valence-electron chi connectivity index (χ2n) is 7.14. The van der Waals surface area contributed by atoms with Gasteiger partial charge in [0.2, 0.25) is 0 Å². The van der Waals surface area contributed by atoms with E-state index in [4.69, 9.17) is 4.74 Å². The molecule has 22 heavy (non-hydrogen) atoms. The van der Waals surface area contributed by atoms with Crippen molar-refractivity contribution in [2.45, 2.75) is 64.3 Å². The zero-order valence-electron chi connectivity index (χ0n) is 14.7. The third-order valence-electron chi connectivity index (χ3n) is 5.18. The summed E-state index contributed by atoms with van der Waals surface area (Å²) >= 11 is 0. The zero-order chi connectivity index (χ0) is 15.8. The first-order valence-corrected chi connectivity index (χ1v) is 9.03. The second kappa shape index (κ2) is 9.19. The van der Waals surface area contributed by atoms with Gasteiger partial charge in [0.15, 0.2) is 0 Å². The summed E-state index contributed by atoms with van der Waals surface area (Å²) in [6, 6.07) is 9.34. The Bertz CT molecular complexity index is 406. The summed E-state index contributed by atoms with van der Waals surface area (Å²) in [7, 11) is 4.29. The number of ether oxygens (including phenoxy) is 1. The first-order chi connectivity index (χ1) is 10.6. The molecule has 0 heterocycles. The number of hydrogen-bond acceptors (Lipinski definition) is 2. The topological polar surface area (TPSA) is 12.5 Å². The quantitative estimate of drug-likeness (QED) is 0.676. The second-order valence-corrected chi connectivity index (χ2v) is 7.14. The van der Waals surface area contributed by atoms with Gasteiger partial charge in [-0.05, 0) is 63.9 Å². The third-order valence-corrected chi connectivity index (χ3v) is 5.18. The highest BCUT2D eigenvalue weighted by Crippen LogP contribution is 2.26. The van der Waals surface area contributed by atoms with Crippen molar-refractivity contribution in [3.63, 3.8) is 0 Å². The number of rotatable bonds is 8. The molecule has 0 saturated heterocycles. The maximum absolute atomic E-state index is 5.92. The number of nitrogens with zero attached hydrogens (tertiary/aromatic N) is 1. The monoisotopic (exact) mass is 303 g/mol. The molecule has 1 aromatic carbocycles. The first kappa shape index (κ1) is 17.3. The molecule has 1 fully saturated rings. The predicted molar refractivity (Wildman–Crippen MR) is 94.6 cm³/mol. The van der Waals surface area contributed by atoms with Gasteiger partial charge in [-0.15, -0.1) is 0 Å². The molecule has 1 atom stereocenters. The standard InChI is InChI=1S/C20H33NO/c1-17(21(2)3)9-10-19-11-13-20(14-12-19)22-16-15-18-7-5-4-6-8-18/h11-14,17-18H,4-10,15-16H2,1-3H3. The normalized spacial score (nSPS) is 17.6. The Kier molecular flexibility index (Phi) is 7.24. The summed E-state index contributed by atoms with van der Waals surface area (Å²) in [4.78, 5) is 2.28. The molecule has 2 heteroatoms. The Morgan fingerprint density at radius 1 is 1.09 bits per heavy atom. The van der Waals surface area contributed by atoms with Gasteiger partial charge in [-0.25, -0.2) is 0 Å². The summed E-state index contributed by atoms with van der Waals surface area (Å²) in [6.45, 7) is 3.16. The molecule has 0 radical (unpaired) electrons. The van der Waals surface area contributed by atoms with Crippen LogP contribution in [0.5, 0.6) is 5.75 Å². The average Bonchev–Trinajstić information content (AvgIpc) is 2.54. The molecule has 0 spiro atoms. The highest BCUT2D eigenvalue weighted by molar-refractivity contribution is 5.27. The number of benzene rings is 1. The fourth-order valence-electron chi connectivity index (χ4n) is 3.21. The predicted octanol–water partition coefficient (Wildman–Crippen LogP) is 4.92. The van der Waals surface area contributed by atoms with Crippen LogP contribution in [-0.4, -0.2) is 31.6 Å². The SMILES string of the molecule is CC(CCc1ccc(OCCC2CCCCC2)cc1)N(C)C. The smallest absolute Gasteiger partial charge is 0.119 e. The van der Waals surface area contributed by atoms with Gasteiger partial charge in [-0.1, -0.05) is 44.2 Å². The van der Waals surface area contributed by atoms with Crippen LogP contribution in [0, 0.1) is 5.92 Å². The highest BCUT2D eigenvalue weighted by atomic mass is 16.5. The van der Waals surface area contributed by atoms with Crippen molar-refractivity contribution in [2.24, 2.45) is 5.92 Å². The molecule has 1 saturated carbocycles. The van der Waals surface area contributed by atoms with Crippen molar-refractivity contribution >= 4 is 0 Å². The van der Waals surface area contributed by atoms with Gasteiger partial charge < -0.3 is 9.64 Å². The van der Waals surface area contributed by atoms with Gasteiger partial charge in [-0.2, -0.15) is 0 Å². The van der Waals surface area contributed by atoms with Crippen LogP contribution in [0.1, 0.15) is 57.4 Å². The van der Waals surface area contributed by atoms with Crippen molar-refractivity contribution in [3.05, 3.63) is 29.8 Å². The molecule has 0 aliphatic heterocycles. The van der Waals surface area contributed by atoms with E-state index in [0.717, 1.165) is 24.7 Å². The number of aryl methyl sites for hydroxylation is 1. The Balaban J connectivity index is 1.67. The maximum atomic E-state index is 5.92. The van der Waals surface area contributed by atoms with Gasteiger partial charge in [0.25, 0.3) is 0 Å². The molecule has 2 nitrogen and oxygen atoms in total. The Morgan fingerprint density at radius 2 is 1.77 bits per heavy atom. The van der Waals surface area contributed by atoms with E-state index in [1.807, 2.05) is 0 Å². The summed E-state index contributed by atoms with van der Waals surface area (Å²) < 4.78 is 5.92. The van der Waals surface area contributed by atoms with Crippen molar-refractivity contribution < 1.29 is 4.74 Å². The van der Waals surface area contributed by atoms with Crippen LogP contribution >= 0.6 is 0 Å². The fourth-order valence-corrected chi connectivity index (χ4v) is 3.21. The lowest BCUT2D eigenvalue weighted by Gasteiger charge is -2.21. The van der Waals surface area contributed by atoms with Crippen LogP contribution in [0.2, 0.25) is 0 Å². The van der Waals surface area contributed by atoms with Crippen LogP contribution in [-0.2, 0) is 6.42 Å². The molecule has 124 valence electrons. The van der Waals surface area contributed by atoms with Crippen LogP contribution in [0.4, 0.5) is 0 Å². The van der Waals surface area contributed by atoms with Gasteiger partial charge in [0.05, 0.1) is 6.61 Å². The molecule has 1 aromatic rings. The van der Waals surface area contributed by atoms with E-state index in [1.165, 1.54) is 50.5 Å². The maximum Gasteiger partial charge on any atom is 0.119 e. The van der Waals surface area contributed by atoms with E-state index in [2.05, 4.69) is 50.2 Å². The van der Waals surface area contributed by atoms with Crippen LogP contribution in [0.15, 0.2) is 24.3 Å².